The second-order valence-electron chi connectivity index (χ2n) is 4.48. The van der Waals surface area contributed by atoms with Crippen LogP contribution in [0, 0.1) is 5.92 Å². The maximum absolute atomic E-state index is 3.62. The fourth-order valence-corrected chi connectivity index (χ4v) is 2.98. The molecule has 16 heavy (non-hydrogen) atoms. The number of aryl methyl sites for hydroxylation is 1. The molecule has 0 aliphatic heterocycles. The van der Waals surface area contributed by atoms with Crippen molar-refractivity contribution in [3.63, 3.8) is 0 Å². The third-order valence-corrected chi connectivity index (χ3v) is 4.54. The molecule has 92 valence electrons. The summed E-state index contributed by atoms with van der Waals surface area (Å²) < 4.78 is 0. The van der Waals surface area contributed by atoms with Gasteiger partial charge in [0.05, 0.1) is 0 Å². The van der Waals surface area contributed by atoms with Gasteiger partial charge in [-0.05, 0) is 37.4 Å². The molecule has 0 aliphatic rings. The van der Waals surface area contributed by atoms with Crippen LogP contribution in [-0.2, 0) is 12.8 Å². The van der Waals surface area contributed by atoms with Crippen LogP contribution in [0.15, 0.2) is 12.1 Å². The van der Waals surface area contributed by atoms with Gasteiger partial charge in [-0.25, -0.2) is 0 Å². The molecule has 1 heterocycles. The largest absolute Gasteiger partial charge is 0.314 e. The number of hydrogen-bond donors (Lipinski definition) is 1. The molecule has 0 radical (unpaired) electrons. The highest BCUT2D eigenvalue weighted by molar-refractivity contribution is 7.11. The molecule has 0 aromatic carbocycles. The van der Waals surface area contributed by atoms with Crippen molar-refractivity contribution in [2.45, 2.75) is 53.0 Å². The van der Waals surface area contributed by atoms with E-state index in [1.165, 1.54) is 29.0 Å². The average molecular weight is 239 g/mol. The van der Waals surface area contributed by atoms with Crippen molar-refractivity contribution in [1.82, 2.24) is 5.32 Å². The lowest BCUT2D eigenvalue weighted by Crippen LogP contribution is -2.36. The Balaban J connectivity index is 2.59. The van der Waals surface area contributed by atoms with Crippen molar-refractivity contribution in [1.29, 1.82) is 0 Å². The fourth-order valence-electron chi connectivity index (χ4n) is 1.96. The molecule has 1 nitrogen and oxygen atoms in total. The van der Waals surface area contributed by atoms with Crippen LogP contribution in [0.1, 0.15) is 43.9 Å². The molecular formula is C14H25NS. The van der Waals surface area contributed by atoms with Gasteiger partial charge in [-0.1, -0.05) is 34.1 Å². The first-order valence-electron chi connectivity index (χ1n) is 6.52. The summed E-state index contributed by atoms with van der Waals surface area (Å²) in [6.45, 7) is 10.1. The van der Waals surface area contributed by atoms with Gasteiger partial charge >= 0.3 is 0 Å². The van der Waals surface area contributed by atoms with E-state index in [1.54, 1.807) is 0 Å². The Labute approximate surface area is 104 Å². The predicted octanol–water partition coefficient (Wildman–Crippen LogP) is 3.88. The van der Waals surface area contributed by atoms with Crippen molar-refractivity contribution in [3.8, 4) is 0 Å². The van der Waals surface area contributed by atoms with Gasteiger partial charge in [-0.15, -0.1) is 11.3 Å². The van der Waals surface area contributed by atoms with Gasteiger partial charge < -0.3 is 5.32 Å². The first kappa shape index (κ1) is 13.7. The zero-order chi connectivity index (χ0) is 12.0. The Morgan fingerprint density at radius 3 is 2.38 bits per heavy atom. The van der Waals surface area contributed by atoms with Gasteiger partial charge in [0.15, 0.2) is 0 Å². The summed E-state index contributed by atoms with van der Waals surface area (Å²) in [4.78, 5) is 3.04. The molecule has 1 aromatic heterocycles. The van der Waals surface area contributed by atoms with Crippen molar-refractivity contribution in [2.75, 3.05) is 6.54 Å². The Bertz CT molecular complexity index is 293. The monoisotopic (exact) mass is 239 g/mol. The normalized spacial score (nSPS) is 15.0. The van der Waals surface area contributed by atoms with Gasteiger partial charge in [-0.2, -0.15) is 0 Å². The minimum absolute atomic E-state index is 0.637. The van der Waals surface area contributed by atoms with Gasteiger partial charge in [0, 0.05) is 15.8 Å². The molecule has 2 heteroatoms. The van der Waals surface area contributed by atoms with Crippen LogP contribution in [0.25, 0.3) is 0 Å². The van der Waals surface area contributed by atoms with Gasteiger partial charge in [0.2, 0.25) is 0 Å². The lowest BCUT2D eigenvalue weighted by Gasteiger charge is -2.23. The smallest absolute Gasteiger partial charge is 0.0141 e. The second kappa shape index (κ2) is 7.08. The van der Waals surface area contributed by atoms with Gasteiger partial charge in [0.25, 0.3) is 0 Å². The highest BCUT2D eigenvalue weighted by atomic mass is 32.1. The zero-order valence-electron chi connectivity index (χ0n) is 11.0. The Hall–Kier alpha value is -0.340. The third kappa shape index (κ3) is 3.91. The standard InChI is InChI=1S/C14H25NS/c1-5-11(4)14(15-7-3)10-13-9-8-12(6-2)16-13/h8-9,11,14-15H,5-7,10H2,1-4H3. The van der Waals surface area contributed by atoms with Crippen molar-refractivity contribution < 1.29 is 0 Å². The highest BCUT2D eigenvalue weighted by Crippen LogP contribution is 2.21. The van der Waals surface area contributed by atoms with Crippen LogP contribution in [0.5, 0.6) is 0 Å². The van der Waals surface area contributed by atoms with Crippen LogP contribution in [0.4, 0.5) is 0 Å². The molecule has 0 fully saturated rings. The minimum atomic E-state index is 0.637. The zero-order valence-corrected chi connectivity index (χ0v) is 11.9. The maximum Gasteiger partial charge on any atom is 0.0141 e. The van der Waals surface area contributed by atoms with E-state index in [9.17, 15) is 0 Å². The molecule has 1 N–H and O–H groups in total. The van der Waals surface area contributed by atoms with E-state index in [-0.39, 0.29) is 0 Å². The summed E-state index contributed by atoms with van der Waals surface area (Å²) in [6.07, 6.45) is 3.61. The number of rotatable bonds is 7. The number of thiophene rings is 1. The van der Waals surface area contributed by atoms with Crippen LogP contribution in [-0.4, -0.2) is 12.6 Å². The summed E-state index contributed by atoms with van der Waals surface area (Å²) >= 11 is 1.97. The molecule has 0 aliphatic carbocycles. The molecule has 2 unspecified atom stereocenters. The van der Waals surface area contributed by atoms with Crippen LogP contribution in [0.3, 0.4) is 0 Å². The predicted molar refractivity (Wildman–Crippen MR) is 74.3 cm³/mol. The van der Waals surface area contributed by atoms with Gasteiger partial charge in [-0.3, -0.25) is 0 Å². The molecular weight excluding hydrogens is 214 g/mol. The summed E-state index contributed by atoms with van der Waals surface area (Å²) in [5.41, 5.74) is 0. The Morgan fingerprint density at radius 2 is 1.88 bits per heavy atom. The summed E-state index contributed by atoms with van der Waals surface area (Å²) in [7, 11) is 0. The second-order valence-corrected chi connectivity index (χ2v) is 5.73. The van der Waals surface area contributed by atoms with E-state index < -0.39 is 0 Å². The molecule has 2 atom stereocenters. The summed E-state index contributed by atoms with van der Waals surface area (Å²) in [5, 5.41) is 3.62. The van der Waals surface area contributed by atoms with Crippen LogP contribution >= 0.6 is 11.3 Å². The quantitative estimate of drug-likeness (QED) is 0.761. The molecule has 0 saturated carbocycles. The average Bonchev–Trinajstić information content (AvgIpc) is 2.75. The molecule has 0 spiro atoms. The van der Waals surface area contributed by atoms with Gasteiger partial charge in [0.1, 0.15) is 0 Å². The molecule has 1 aromatic rings. The number of likely N-dealkylation sites (N-methyl/N-ethyl adjacent to an activating group) is 1. The number of nitrogens with one attached hydrogen (secondary N) is 1. The van der Waals surface area contributed by atoms with Crippen molar-refractivity contribution in [2.24, 2.45) is 5.92 Å². The van der Waals surface area contributed by atoms with Crippen LogP contribution < -0.4 is 5.32 Å². The third-order valence-electron chi connectivity index (χ3n) is 3.28. The SMILES string of the molecule is CCNC(Cc1ccc(CC)s1)C(C)CC. The van der Waals surface area contributed by atoms with Crippen molar-refractivity contribution in [3.05, 3.63) is 21.9 Å². The van der Waals surface area contributed by atoms with E-state index in [4.69, 9.17) is 0 Å². The van der Waals surface area contributed by atoms with E-state index in [1.807, 2.05) is 11.3 Å². The van der Waals surface area contributed by atoms with E-state index in [0.717, 1.165) is 12.5 Å². The lowest BCUT2D eigenvalue weighted by molar-refractivity contribution is 0.372. The molecule has 0 bridgehead atoms. The Morgan fingerprint density at radius 1 is 1.19 bits per heavy atom. The van der Waals surface area contributed by atoms with Crippen LogP contribution in [0.2, 0.25) is 0 Å². The number of hydrogen-bond acceptors (Lipinski definition) is 2. The molecule has 0 amide bonds. The van der Waals surface area contributed by atoms with E-state index >= 15 is 0 Å². The minimum Gasteiger partial charge on any atom is -0.314 e. The lowest BCUT2D eigenvalue weighted by atomic mass is 9.96. The fraction of sp³-hybridized carbons (Fsp3) is 0.714. The summed E-state index contributed by atoms with van der Waals surface area (Å²) in [6, 6.07) is 5.22. The van der Waals surface area contributed by atoms with Crippen molar-refractivity contribution >= 4 is 11.3 Å². The summed E-state index contributed by atoms with van der Waals surface area (Å²) in [5.74, 6) is 0.757. The highest BCUT2D eigenvalue weighted by Gasteiger charge is 2.15. The molecule has 1 rings (SSSR count). The topological polar surface area (TPSA) is 12.0 Å². The Kier molecular flexibility index (Phi) is 6.07. The first-order chi connectivity index (χ1) is 7.71. The van der Waals surface area contributed by atoms with E-state index in [0.29, 0.717) is 6.04 Å². The van der Waals surface area contributed by atoms with E-state index in [2.05, 4.69) is 45.1 Å². The maximum atomic E-state index is 3.62. The molecule has 0 saturated heterocycles. The first-order valence-corrected chi connectivity index (χ1v) is 7.33.